The van der Waals surface area contributed by atoms with Gasteiger partial charge in [-0.2, -0.15) is 0 Å². The highest BCUT2D eigenvalue weighted by Crippen LogP contribution is 2.30. The third-order valence-electron chi connectivity index (χ3n) is 5.03. The molecule has 2 aromatic rings. The summed E-state index contributed by atoms with van der Waals surface area (Å²) in [5.74, 6) is 1.04. The number of ether oxygens (including phenoxy) is 1. The van der Waals surface area contributed by atoms with Crippen LogP contribution in [0.15, 0.2) is 48.5 Å². The van der Waals surface area contributed by atoms with Crippen molar-refractivity contribution in [2.75, 3.05) is 7.11 Å². The molecule has 26 heavy (non-hydrogen) atoms. The highest BCUT2D eigenvalue weighted by molar-refractivity contribution is 5.85. The molecule has 3 N–H and O–H groups in total. The number of rotatable bonds is 5. The number of methoxy groups -OCH3 is 1. The number of amides is 1. The monoisotopic (exact) mass is 374 g/mol. The fraction of sp³-hybridized carbons (Fsp3) is 0.381. The molecule has 0 spiro atoms. The molecule has 1 aliphatic rings. The van der Waals surface area contributed by atoms with Gasteiger partial charge in [-0.25, -0.2) is 0 Å². The Morgan fingerprint density at radius 1 is 1.15 bits per heavy atom. The Bertz CT molecular complexity index is 733. The van der Waals surface area contributed by atoms with Crippen LogP contribution >= 0.6 is 12.4 Å². The summed E-state index contributed by atoms with van der Waals surface area (Å²) in [5, 5.41) is 3.12. The molecule has 0 aromatic heterocycles. The summed E-state index contributed by atoms with van der Waals surface area (Å²) < 4.78 is 5.43. The van der Waals surface area contributed by atoms with Crippen LogP contribution in [0.25, 0.3) is 11.1 Å². The van der Waals surface area contributed by atoms with Crippen molar-refractivity contribution in [2.45, 2.75) is 38.3 Å². The van der Waals surface area contributed by atoms with Gasteiger partial charge in [0.1, 0.15) is 5.75 Å². The number of benzene rings is 2. The Morgan fingerprint density at radius 3 is 2.46 bits per heavy atom. The lowest BCUT2D eigenvalue weighted by atomic mass is 10.00. The molecule has 1 amide bonds. The molecule has 0 heterocycles. The smallest absolute Gasteiger partial charge is 0.223 e. The average molecular weight is 375 g/mol. The first-order chi connectivity index (χ1) is 12.1. The quantitative estimate of drug-likeness (QED) is 0.828. The van der Waals surface area contributed by atoms with Gasteiger partial charge in [0.15, 0.2) is 0 Å². The fourth-order valence-electron chi connectivity index (χ4n) is 3.50. The van der Waals surface area contributed by atoms with E-state index in [0.29, 0.717) is 0 Å². The molecule has 3 unspecified atom stereocenters. The molecule has 0 aliphatic heterocycles. The largest absolute Gasteiger partial charge is 0.496 e. The van der Waals surface area contributed by atoms with Gasteiger partial charge in [-0.1, -0.05) is 42.5 Å². The van der Waals surface area contributed by atoms with E-state index in [1.807, 2.05) is 31.2 Å². The van der Waals surface area contributed by atoms with Crippen molar-refractivity contribution in [3.8, 4) is 16.9 Å². The molecule has 2 aromatic carbocycles. The molecule has 4 nitrogen and oxygen atoms in total. The van der Waals surface area contributed by atoms with Gasteiger partial charge in [0.2, 0.25) is 5.91 Å². The summed E-state index contributed by atoms with van der Waals surface area (Å²) in [6.45, 7) is 2.02. The van der Waals surface area contributed by atoms with E-state index in [9.17, 15) is 4.79 Å². The Morgan fingerprint density at radius 2 is 1.85 bits per heavy atom. The first-order valence-corrected chi connectivity index (χ1v) is 8.87. The maximum atomic E-state index is 12.4. The number of carbonyl (C=O) groups excluding carboxylic acids is 1. The van der Waals surface area contributed by atoms with Crippen molar-refractivity contribution < 1.29 is 9.53 Å². The summed E-state index contributed by atoms with van der Waals surface area (Å²) in [6, 6.07) is 16.4. The first kappa shape index (κ1) is 20.3. The van der Waals surface area contributed by atoms with Gasteiger partial charge in [0.25, 0.3) is 0 Å². The van der Waals surface area contributed by atoms with Crippen LogP contribution in [0, 0.1) is 5.92 Å². The number of nitrogens with one attached hydrogen (secondary N) is 1. The molecule has 1 saturated carbocycles. The van der Waals surface area contributed by atoms with Crippen molar-refractivity contribution in [3.63, 3.8) is 0 Å². The highest BCUT2D eigenvalue weighted by atomic mass is 35.5. The lowest BCUT2D eigenvalue weighted by Crippen LogP contribution is -2.32. The number of carbonyl (C=O) groups is 1. The van der Waals surface area contributed by atoms with Crippen molar-refractivity contribution in [1.82, 2.24) is 5.32 Å². The zero-order chi connectivity index (χ0) is 17.8. The topological polar surface area (TPSA) is 64.3 Å². The predicted molar refractivity (Wildman–Crippen MR) is 108 cm³/mol. The summed E-state index contributed by atoms with van der Waals surface area (Å²) in [6.07, 6.45) is 2.64. The van der Waals surface area contributed by atoms with Gasteiger partial charge in [-0.05, 0) is 43.4 Å². The number of hydrogen-bond acceptors (Lipinski definition) is 3. The third-order valence-corrected chi connectivity index (χ3v) is 5.03. The minimum atomic E-state index is -0.0176. The number of para-hydroxylation sites is 1. The maximum Gasteiger partial charge on any atom is 0.223 e. The number of nitrogens with two attached hydrogens (primary N) is 1. The molecule has 0 bridgehead atoms. The molecule has 140 valence electrons. The van der Waals surface area contributed by atoms with E-state index in [4.69, 9.17) is 10.5 Å². The molecule has 0 saturated heterocycles. The normalized spacial score (nSPS) is 20.1. The molecule has 3 rings (SSSR count). The summed E-state index contributed by atoms with van der Waals surface area (Å²) in [7, 11) is 1.68. The summed E-state index contributed by atoms with van der Waals surface area (Å²) >= 11 is 0. The minimum Gasteiger partial charge on any atom is -0.496 e. The molecule has 1 aliphatic carbocycles. The zero-order valence-electron chi connectivity index (χ0n) is 15.3. The second-order valence-electron chi connectivity index (χ2n) is 6.82. The molecule has 3 atom stereocenters. The van der Waals surface area contributed by atoms with E-state index in [0.717, 1.165) is 41.7 Å². The van der Waals surface area contributed by atoms with Gasteiger partial charge < -0.3 is 15.8 Å². The van der Waals surface area contributed by atoms with Crippen LogP contribution in [0.5, 0.6) is 5.75 Å². The van der Waals surface area contributed by atoms with E-state index >= 15 is 0 Å². The van der Waals surface area contributed by atoms with E-state index in [1.54, 1.807) is 7.11 Å². The van der Waals surface area contributed by atoms with Gasteiger partial charge in [-0.3, -0.25) is 4.79 Å². The highest BCUT2D eigenvalue weighted by Gasteiger charge is 2.28. The zero-order valence-corrected chi connectivity index (χ0v) is 16.1. The van der Waals surface area contributed by atoms with E-state index in [2.05, 4.69) is 29.6 Å². The van der Waals surface area contributed by atoms with Crippen LogP contribution in [-0.2, 0) is 4.79 Å². The second-order valence-corrected chi connectivity index (χ2v) is 6.82. The van der Waals surface area contributed by atoms with Gasteiger partial charge in [0.05, 0.1) is 13.2 Å². The van der Waals surface area contributed by atoms with Crippen LogP contribution in [-0.4, -0.2) is 19.1 Å². The van der Waals surface area contributed by atoms with Crippen LogP contribution in [0.4, 0.5) is 0 Å². The Labute approximate surface area is 161 Å². The molecule has 0 radical (unpaired) electrons. The number of hydrogen-bond donors (Lipinski definition) is 2. The van der Waals surface area contributed by atoms with Gasteiger partial charge in [0, 0.05) is 17.5 Å². The maximum absolute atomic E-state index is 12.4. The Balaban J connectivity index is 0.00000243. The molecular weight excluding hydrogens is 348 g/mol. The van der Waals surface area contributed by atoms with Gasteiger partial charge in [-0.15, -0.1) is 12.4 Å². The molecule has 5 heteroatoms. The number of halogens is 1. The van der Waals surface area contributed by atoms with Crippen molar-refractivity contribution in [2.24, 2.45) is 11.7 Å². The van der Waals surface area contributed by atoms with Gasteiger partial charge >= 0.3 is 0 Å². The predicted octanol–water partition coefficient (Wildman–Crippen LogP) is 4.09. The summed E-state index contributed by atoms with van der Waals surface area (Å²) in [4.78, 5) is 12.4. The van der Waals surface area contributed by atoms with Crippen LogP contribution in [0.3, 0.4) is 0 Å². The fourth-order valence-corrected chi connectivity index (χ4v) is 3.50. The van der Waals surface area contributed by atoms with Crippen LogP contribution in [0.1, 0.15) is 37.8 Å². The van der Waals surface area contributed by atoms with Crippen molar-refractivity contribution in [1.29, 1.82) is 0 Å². The third kappa shape index (κ3) is 4.57. The van der Waals surface area contributed by atoms with E-state index in [1.165, 1.54) is 0 Å². The minimum absolute atomic E-state index is 0. The SMILES string of the molecule is COc1ccccc1-c1ccc(C(C)NC(=O)C2CCC(N)C2)cc1.Cl. The first-order valence-electron chi connectivity index (χ1n) is 8.87. The summed E-state index contributed by atoms with van der Waals surface area (Å²) in [5.41, 5.74) is 9.16. The van der Waals surface area contributed by atoms with E-state index in [-0.39, 0.29) is 36.3 Å². The van der Waals surface area contributed by atoms with Crippen molar-refractivity contribution in [3.05, 3.63) is 54.1 Å². The average Bonchev–Trinajstić information content (AvgIpc) is 3.08. The molecule has 1 fully saturated rings. The lowest BCUT2D eigenvalue weighted by molar-refractivity contribution is -0.125. The second kappa shape index (κ2) is 9.06. The molecular formula is C21H27ClN2O2. The van der Waals surface area contributed by atoms with Crippen LogP contribution < -0.4 is 15.8 Å². The standard InChI is InChI=1S/C21H26N2O2.ClH/c1-14(23-21(24)17-11-12-18(22)13-17)15-7-9-16(10-8-15)19-5-3-4-6-20(19)25-2;/h3-10,14,17-18H,11-13,22H2,1-2H3,(H,23,24);1H. The van der Waals surface area contributed by atoms with Crippen molar-refractivity contribution >= 4 is 18.3 Å². The Kier molecular flexibility index (Phi) is 7.06. The lowest BCUT2D eigenvalue weighted by Gasteiger charge is -2.18. The van der Waals surface area contributed by atoms with E-state index < -0.39 is 0 Å². The Hall–Kier alpha value is -2.04. The van der Waals surface area contributed by atoms with Crippen LogP contribution in [0.2, 0.25) is 0 Å².